The molecule has 74 valence electrons. The molecule has 1 fully saturated rings. The van der Waals surface area contributed by atoms with E-state index in [1.807, 2.05) is 0 Å². The van der Waals surface area contributed by atoms with E-state index < -0.39 is 0 Å². The van der Waals surface area contributed by atoms with Gasteiger partial charge in [0.25, 0.3) is 0 Å². The molecule has 0 heterocycles. The van der Waals surface area contributed by atoms with Gasteiger partial charge in [0, 0.05) is 6.61 Å². The Balaban J connectivity index is 1.64. The Morgan fingerprint density at radius 1 is 1.31 bits per heavy atom. The predicted octanol–water partition coefficient (Wildman–Crippen LogP) is 1.17. The van der Waals surface area contributed by atoms with Gasteiger partial charge in [-0.3, -0.25) is 0 Å². The van der Waals surface area contributed by atoms with Crippen LogP contribution in [0.4, 0.5) is 0 Å². The molecule has 2 aliphatic rings. The van der Waals surface area contributed by atoms with Crippen molar-refractivity contribution < 1.29 is 5.11 Å². The lowest BCUT2D eigenvalue weighted by Crippen LogP contribution is -2.26. The summed E-state index contributed by atoms with van der Waals surface area (Å²) in [5.41, 5.74) is 0. The molecule has 13 heavy (non-hydrogen) atoms. The molecule has 1 saturated carbocycles. The van der Waals surface area contributed by atoms with Gasteiger partial charge >= 0.3 is 0 Å². The van der Waals surface area contributed by atoms with Gasteiger partial charge in [0.15, 0.2) is 0 Å². The highest BCUT2D eigenvalue weighted by Crippen LogP contribution is 2.42. The highest BCUT2D eigenvalue weighted by Gasteiger charge is 2.34. The summed E-state index contributed by atoms with van der Waals surface area (Å²) in [6.07, 6.45) is 8.44. The summed E-state index contributed by atoms with van der Waals surface area (Å²) in [6.45, 7) is 2.42. The summed E-state index contributed by atoms with van der Waals surface area (Å²) in [5.74, 6) is 2.61. The van der Waals surface area contributed by atoms with Crippen LogP contribution in [-0.2, 0) is 0 Å². The highest BCUT2D eigenvalue weighted by atomic mass is 16.3. The van der Waals surface area contributed by atoms with Crippen LogP contribution in [0.1, 0.15) is 19.3 Å². The number of nitrogens with one attached hydrogen (secondary N) is 1. The van der Waals surface area contributed by atoms with Crippen LogP contribution in [0.15, 0.2) is 12.2 Å². The molecule has 2 nitrogen and oxygen atoms in total. The number of rotatable bonds is 5. The summed E-state index contributed by atoms with van der Waals surface area (Å²) >= 11 is 0. The summed E-state index contributed by atoms with van der Waals surface area (Å²) in [4.78, 5) is 0. The van der Waals surface area contributed by atoms with E-state index in [1.165, 1.54) is 12.8 Å². The zero-order chi connectivity index (χ0) is 9.10. The minimum atomic E-state index is 0.309. The molecule has 0 aromatic heterocycles. The van der Waals surface area contributed by atoms with Crippen molar-refractivity contribution in [3.63, 3.8) is 0 Å². The largest absolute Gasteiger partial charge is 0.396 e. The molecule has 3 atom stereocenters. The zero-order valence-electron chi connectivity index (χ0n) is 8.08. The van der Waals surface area contributed by atoms with Gasteiger partial charge in [0.05, 0.1) is 0 Å². The van der Waals surface area contributed by atoms with Crippen molar-refractivity contribution in [3.8, 4) is 0 Å². The number of hydrogen-bond acceptors (Lipinski definition) is 2. The molecule has 0 saturated heterocycles. The third kappa shape index (κ3) is 2.12. The Labute approximate surface area is 80.0 Å². The normalized spacial score (nSPS) is 35.9. The van der Waals surface area contributed by atoms with Crippen LogP contribution in [0.25, 0.3) is 0 Å². The van der Waals surface area contributed by atoms with Gasteiger partial charge < -0.3 is 10.4 Å². The first-order chi connectivity index (χ1) is 6.40. The average Bonchev–Trinajstić information content (AvgIpc) is 2.73. The van der Waals surface area contributed by atoms with Gasteiger partial charge in [-0.05, 0) is 50.1 Å². The molecule has 0 aromatic carbocycles. The van der Waals surface area contributed by atoms with Gasteiger partial charge in [-0.15, -0.1) is 0 Å². The Hall–Kier alpha value is -0.340. The highest BCUT2D eigenvalue weighted by molar-refractivity contribution is 5.10. The van der Waals surface area contributed by atoms with Gasteiger partial charge in [0.1, 0.15) is 0 Å². The number of aliphatic hydroxyl groups is 1. The van der Waals surface area contributed by atoms with Crippen molar-refractivity contribution >= 4 is 0 Å². The molecule has 0 radical (unpaired) electrons. The lowest BCUT2D eigenvalue weighted by molar-refractivity contribution is 0.283. The third-order valence-corrected chi connectivity index (χ3v) is 3.33. The first kappa shape index (κ1) is 9.22. The Bertz CT molecular complexity index is 191. The monoisotopic (exact) mass is 181 g/mol. The maximum Gasteiger partial charge on any atom is 0.0443 e. The fraction of sp³-hybridized carbons (Fsp3) is 0.818. The minimum Gasteiger partial charge on any atom is -0.396 e. The maximum absolute atomic E-state index is 8.61. The molecular formula is C11H19NO. The lowest BCUT2D eigenvalue weighted by Gasteiger charge is -2.18. The van der Waals surface area contributed by atoms with Crippen molar-refractivity contribution in [2.45, 2.75) is 19.3 Å². The summed E-state index contributed by atoms with van der Waals surface area (Å²) in [6, 6.07) is 0. The fourth-order valence-electron chi connectivity index (χ4n) is 2.62. The van der Waals surface area contributed by atoms with E-state index in [0.717, 1.165) is 37.3 Å². The molecular weight excluding hydrogens is 162 g/mol. The predicted molar refractivity (Wildman–Crippen MR) is 53.4 cm³/mol. The van der Waals surface area contributed by atoms with E-state index in [-0.39, 0.29) is 0 Å². The second-order valence-corrected chi connectivity index (χ2v) is 4.32. The molecule has 2 rings (SSSR count). The summed E-state index contributed by atoms with van der Waals surface area (Å²) in [7, 11) is 0. The Morgan fingerprint density at radius 3 is 2.85 bits per heavy atom. The number of hydrogen-bond donors (Lipinski definition) is 2. The smallest absolute Gasteiger partial charge is 0.0443 e. The van der Waals surface area contributed by atoms with E-state index in [1.54, 1.807) is 0 Å². The first-order valence-electron chi connectivity index (χ1n) is 5.40. The van der Waals surface area contributed by atoms with E-state index in [2.05, 4.69) is 17.5 Å². The third-order valence-electron chi connectivity index (χ3n) is 3.33. The van der Waals surface area contributed by atoms with Crippen LogP contribution in [0, 0.1) is 17.8 Å². The number of allylic oxidation sites excluding steroid dienone is 2. The van der Waals surface area contributed by atoms with Crippen molar-refractivity contribution in [1.29, 1.82) is 0 Å². The van der Waals surface area contributed by atoms with Crippen LogP contribution < -0.4 is 5.32 Å². The van der Waals surface area contributed by atoms with Crippen LogP contribution in [-0.4, -0.2) is 24.8 Å². The van der Waals surface area contributed by atoms with Crippen molar-refractivity contribution in [2.24, 2.45) is 17.8 Å². The molecule has 0 aliphatic heterocycles. The van der Waals surface area contributed by atoms with Gasteiger partial charge in [-0.1, -0.05) is 12.2 Å². The van der Waals surface area contributed by atoms with Crippen LogP contribution in [0.3, 0.4) is 0 Å². The number of fused-ring (bicyclic) bond motifs is 2. The molecule has 2 heteroatoms. The van der Waals surface area contributed by atoms with Crippen molar-refractivity contribution in [1.82, 2.24) is 5.32 Å². The first-order valence-corrected chi connectivity index (χ1v) is 5.40. The second kappa shape index (κ2) is 4.25. The topological polar surface area (TPSA) is 32.3 Å². The molecule has 0 spiro atoms. The molecule has 2 bridgehead atoms. The SMILES string of the molecule is OCCCNC[C@@H]1C[C@H]2C=C[C@H]1C2. The maximum atomic E-state index is 8.61. The molecule has 2 N–H and O–H groups in total. The van der Waals surface area contributed by atoms with Crippen LogP contribution >= 0.6 is 0 Å². The quantitative estimate of drug-likeness (QED) is 0.493. The second-order valence-electron chi connectivity index (χ2n) is 4.32. The number of aliphatic hydroxyl groups excluding tert-OH is 1. The van der Waals surface area contributed by atoms with E-state index in [4.69, 9.17) is 5.11 Å². The van der Waals surface area contributed by atoms with Crippen molar-refractivity contribution in [2.75, 3.05) is 19.7 Å². The van der Waals surface area contributed by atoms with Crippen LogP contribution in [0.5, 0.6) is 0 Å². The lowest BCUT2D eigenvalue weighted by atomic mass is 9.94. The minimum absolute atomic E-state index is 0.309. The van der Waals surface area contributed by atoms with Gasteiger partial charge in [-0.25, -0.2) is 0 Å². The zero-order valence-corrected chi connectivity index (χ0v) is 8.08. The Morgan fingerprint density at radius 2 is 2.23 bits per heavy atom. The molecule has 0 aromatic rings. The molecule has 2 aliphatic carbocycles. The average molecular weight is 181 g/mol. The van der Waals surface area contributed by atoms with E-state index in [0.29, 0.717) is 6.61 Å². The summed E-state index contributed by atoms with van der Waals surface area (Å²) < 4.78 is 0. The summed E-state index contributed by atoms with van der Waals surface area (Å²) in [5, 5.41) is 12.0. The van der Waals surface area contributed by atoms with E-state index in [9.17, 15) is 0 Å². The Kier molecular flexibility index (Phi) is 3.01. The van der Waals surface area contributed by atoms with Gasteiger partial charge in [0.2, 0.25) is 0 Å². The van der Waals surface area contributed by atoms with Crippen LogP contribution in [0.2, 0.25) is 0 Å². The van der Waals surface area contributed by atoms with Gasteiger partial charge in [-0.2, -0.15) is 0 Å². The molecule has 0 amide bonds. The van der Waals surface area contributed by atoms with Crippen molar-refractivity contribution in [3.05, 3.63) is 12.2 Å². The molecule has 0 unspecified atom stereocenters. The standard InChI is InChI=1S/C11H19NO/c13-5-1-4-12-8-11-7-9-2-3-10(11)6-9/h2-3,9-13H,1,4-8H2/t9-,10-,11-/m0/s1. The fourth-order valence-corrected chi connectivity index (χ4v) is 2.62. The van der Waals surface area contributed by atoms with E-state index >= 15 is 0 Å².